The number of hydrogen-bond acceptors (Lipinski definition) is 4. The zero-order valence-corrected chi connectivity index (χ0v) is 28.8. The van der Waals surface area contributed by atoms with Crippen LogP contribution in [0.2, 0.25) is 0 Å². The third kappa shape index (κ3) is 7.58. The van der Waals surface area contributed by atoms with Crippen LogP contribution in [0.4, 0.5) is 5.69 Å². The first kappa shape index (κ1) is 33.3. The molecule has 1 atom stereocenters. The molecular weight excluding hydrogens is 607 g/mol. The van der Waals surface area contributed by atoms with E-state index in [1.165, 1.54) is 48.4 Å². The molecule has 7 rings (SSSR count). The third-order valence-corrected chi connectivity index (χ3v) is 11.9. The number of benzene rings is 3. The fourth-order valence-corrected chi connectivity index (χ4v) is 9.84. The van der Waals surface area contributed by atoms with E-state index in [-0.39, 0.29) is 17.9 Å². The second-order valence-electron chi connectivity index (χ2n) is 14.5. The minimum atomic E-state index is -3.82. The number of anilines is 1. The van der Waals surface area contributed by atoms with Gasteiger partial charge in [0.15, 0.2) is 0 Å². The molecule has 7 nitrogen and oxygen atoms in total. The van der Waals surface area contributed by atoms with E-state index in [1.54, 1.807) is 4.90 Å². The number of carbonyl (C=O) groups is 2. The van der Waals surface area contributed by atoms with Crippen molar-refractivity contribution in [3.05, 3.63) is 101 Å². The summed E-state index contributed by atoms with van der Waals surface area (Å²) >= 11 is 0. The predicted molar refractivity (Wildman–Crippen MR) is 187 cm³/mol. The van der Waals surface area contributed by atoms with E-state index in [4.69, 9.17) is 0 Å². The van der Waals surface area contributed by atoms with E-state index in [2.05, 4.69) is 17.4 Å². The van der Waals surface area contributed by atoms with Crippen molar-refractivity contribution < 1.29 is 18.0 Å². The summed E-state index contributed by atoms with van der Waals surface area (Å²) in [5.74, 6) is 1.76. The Kier molecular flexibility index (Phi) is 9.79. The molecule has 47 heavy (non-hydrogen) atoms. The Hall–Kier alpha value is -3.65. The molecule has 0 radical (unpaired) electrons. The van der Waals surface area contributed by atoms with Crippen molar-refractivity contribution in [3.63, 3.8) is 0 Å². The summed E-state index contributed by atoms with van der Waals surface area (Å²) in [6.07, 6.45) is 9.99. The Bertz CT molecular complexity index is 1640. The summed E-state index contributed by atoms with van der Waals surface area (Å²) in [5.41, 5.74) is 4.82. The van der Waals surface area contributed by atoms with E-state index >= 15 is 0 Å². The van der Waals surface area contributed by atoms with Gasteiger partial charge < -0.3 is 10.2 Å². The summed E-state index contributed by atoms with van der Waals surface area (Å²) in [7, 11) is -3.82. The molecule has 0 unspecified atom stereocenters. The average molecular weight is 656 g/mol. The maximum atomic E-state index is 14.4. The van der Waals surface area contributed by atoms with Crippen LogP contribution in [0.15, 0.2) is 78.9 Å². The standard InChI is InChI=1S/C39H49N3O4S/c1-4-17-40-38(44)36(22-29-10-6-5-7-11-29)41(26-30-12-8-9-28(2)18-30)37(43)27-42(47(3,45)46)35-15-13-34(14-16-35)39-23-31-19-32(24-39)21-33(20-31)25-39/h5-16,18,31-33,36H,4,17,19-27H2,1-3H3,(H,40,44)/t31?,32?,33?,36-,39?/m0/s1. The zero-order valence-electron chi connectivity index (χ0n) is 28.0. The number of rotatable bonds is 13. The quantitative estimate of drug-likeness (QED) is 0.231. The van der Waals surface area contributed by atoms with Crippen molar-refractivity contribution in [2.75, 3.05) is 23.7 Å². The van der Waals surface area contributed by atoms with Crippen molar-refractivity contribution >= 4 is 27.5 Å². The predicted octanol–water partition coefficient (Wildman–Crippen LogP) is 6.40. The minimum Gasteiger partial charge on any atom is -0.354 e. The summed E-state index contributed by atoms with van der Waals surface area (Å²) in [6.45, 7) is 4.25. The minimum absolute atomic E-state index is 0.181. The number of nitrogens with zero attached hydrogens (tertiary/aromatic N) is 2. The highest BCUT2D eigenvalue weighted by molar-refractivity contribution is 7.92. The van der Waals surface area contributed by atoms with Crippen molar-refractivity contribution in [2.24, 2.45) is 17.8 Å². The maximum absolute atomic E-state index is 14.4. The Morgan fingerprint density at radius 2 is 1.49 bits per heavy atom. The molecule has 0 aromatic heterocycles. The van der Waals surface area contributed by atoms with Gasteiger partial charge in [-0.15, -0.1) is 0 Å². The lowest BCUT2D eigenvalue weighted by atomic mass is 9.48. The Labute approximate surface area is 280 Å². The average Bonchev–Trinajstić information content (AvgIpc) is 3.03. The molecule has 1 N–H and O–H groups in total. The molecule has 4 aliphatic rings. The van der Waals surface area contributed by atoms with Crippen LogP contribution in [0, 0.1) is 24.7 Å². The normalized spacial score (nSPS) is 23.7. The fourth-order valence-electron chi connectivity index (χ4n) is 8.99. The van der Waals surface area contributed by atoms with E-state index in [9.17, 15) is 18.0 Å². The van der Waals surface area contributed by atoms with Crippen LogP contribution in [-0.4, -0.2) is 50.5 Å². The molecule has 4 saturated carbocycles. The molecule has 8 heteroatoms. The second kappa shape index (κ2) is 13.8. The van der Waals surface area contributed by atoms with Gasteiger partial charge in [0.25, 0.3) is 0 Å². The molecule has 2 amide bonds. The van der Waals surface area contributed by atoms with Gasteiger partial charge in [-0.1, -0.05) is 79.2 Å². The van der Waals surface area contributed by atoms with Crippen LogP contribution >= 0.6 is 0 Å². The van der Waals surface area contributed by atoms with Crippen LogP contribution in [0.5, 0.6) is 0 Å². The number of sulfonamides is 1. The molecule has 0 spiro atoms. The van der Waals surface area contributed by atoms with Gasteiger partial charge >= 0.3 is 0 Å². The summed E-state index contributed by atoms with van der Waals surface area (Å²) < 4.78 is 27.8. The van der Waals surface area contributed by atoms with Crippen LogP contribution in [0.1, 0.15) is 74.1 Å². The maximum Gasteiger partial charge on any atom is 0.244 e. The molecule has 0 heterocycles. The van der Waals surface area contributed by atoms with Crippen molar-refractivity contribution in [2.45, 2.75) is 83.2 Å². The molecule has 4 aliphatic carbocycles. The van der Waals surface area contributed by atoms with E-state index in [1.807, 2.05) is 80.6 Å². The molecule has 4 bridgehead atoms. The smallest absolute Gasteiger partial charge is 0.244 e. The molecule has 3 aromatic carbocycles. The van der Waals surface area contributed by atoms with Gasteiger partial charge in [0, 0.05) is 19.5 Å². The van der Waals surface area contributed by atoms with Gasteiger partial charge in [0.2, 0.25) is 21.8 Å². The molecule has 250 valence electrons. The third-order valence-electron chi connectivity index (χ3n) is 10.7. The van der Waals surface area contributed by atoms with Gasteiger partial charge in [-0.05, 0) is 104 Å². The van der Waals surface area contributed by atoms with Crippen LogP contribution < -0.4 is 9.62 Å². The van der Waals surface area contributed by atoms with Crippen molar-refractivity contribution in [3.8, 4) is 0 Å². The van der Waals surface area contributed by atoms with Gasteiger partial charge in [-0.25, -0.2) is 8.42 Å². The Balaban J connectivity index is 1.30. The monoisotopic (exact) mass is 655 g/mol. The summed E-state index contributed by atoms with van der Waals surface area (Å²) in [4.78, 5) is 29.7. The summed E-state index contributed by atoms with van der Waals surface area (Å²) in [6, 6.07) is 24.7. The highest BCUT2D eigenvalue weighted by Gasteiger charge is 2.51. The lowest BCUT2D eigenvalue weighted by Crippen LogP contribution is -2.53. The SMILES string of the molecule is CCCNC(=O)[C@H](Cc1ccccc1)N(Cc1cccc(C)c1)C(=O)CN(c1ccc(C23CC4CC(CC(C4)C2)C3)cc1)S(C)(=O)=O. The number of hydrogen-bond donors (Lipinski definition) is 1. The Morgan fingerprint density at radius 1 is 0.872 bits per heavy atom. The first-order chi connectivity index (χ1) is 22.5. The van der Waals surface area contributed by atoms with E-state index in [0.717, 1.165) is 47.1 Å². The summed E-state index contributed by atoms with van der Waals surface area (Å²) in [5, 5.41) is 3.00. The Morgan fingerprint density at radius 3 is 2.06 bits per heavy atom. The zero-order chi connectivity index (χ0) is 33.2. The first-order valence-corrected chi connectivity index (χ1v) is 19.1. The second-order valence-corrected chi connectivity index (χ2v) is 16.4. The largest absolute Gasteiger partial charge is 0.354 e. The van der Waals surface area contributed by atoms with E-state index < -0.39 is 28.5 Å². The molecule has 4 fully saturated rings. The highest BCUT2D eigenvalue weighted by Crippen LogP contribution is 2.60. The topological polar surface area (TPSA) is 86.8 Å². The van der Waals surface area contributed by atoms with Gasteiger partial charge in [0.1, 0.15) is 12.6 Å². The molecule has 0 saturated heterocycles. The van der Waals surface area contributed by atoms with Crippen molar-refractivity contribution in [1.29, 1.82) is 0 Å². The molecule has 0 aliphatic heterocycles. The number of amides is 2. The highest BCUT2D eigenvalue weighted by atomic mass is 32.2. The molecular formula is C39H49N3O4S. The number of nitrogens with one attached hydrogen (secondary N) is 1. The first-order valence-electron chi connectivity index (χ1n) is 17.3. The lowest BCUT2D eigenvalue weighted by Gasteiger charge is -2.57. The van der Waals surface area contributed by atoms with E-state index in [0.29, 0.717) is 18.7 Å². The van der Waals surface area contributed by atoms with Crippen LogP contribution in [-0.2, 0) is 38.0 Å². The molecule has 3 aromatic rings. The number of carbonyl (C=O) groups excluding carboxylic acids is 2. The van der Waals surface area contributed by atoms with Crippen molar-refractivity contribution in [1.82, 2.24) is 10.2 Å². The van der Waals surface area contributed by atoms with Crippen LogP contribution in [0.25, 0.3) is 0 Å². The van der Waals surface area contributed by atoms with Crippen LogP contribution in [0.3, 0.4) is 0 Å². The fraction of sp³-hybridized carbons (Fsp3) is 0.487. The lowest BCUT2D eigenvalue weighted by molar-refractivity contribution is -0.140. The number of aryl methyl sites for hydroxylation is 1. The van der Waals surface area contributed by atoms with Gasteiger partial charge in [-0.2, -0.15) is 0 Å². The van der Waals surface area contributed by atoms with Gasteiger partial charge in [0.05, 0.1) is 11.9 Å². The van der Waals surface area contributed by atoms with Gasteiger partial charge in [-0.3, -0.25) is 13.9 Å².